The number of ether oxygens (including phenoxy) is 2. The Morgan fingerprint density at radius 2 is 0.964 bits per heavy atom. The number of hydrogen-bond acceptors (Lipinski definition) is 2. The largest absolute Gasteiger partial charge is 0.496 e. The molecule has 0 N–H and O–H groups in total. The van der Waals surface area contributed by atoms with E-state index >= 15 is 0 Å². The van der Waals surface area contributed by atoms with Crippen molar-refractivity contribution in [2.24, 2.45) is 0 Å². The number of rotatable bonds is 14. The maximum atomic E-state index is 6.49. The molecule has 2 nitrogen and oxygen atoms in total. The lowest BCUT2D eigenvalue weighted by atomic mass is 9.82. The maximum absolute atomic E-state index is 6.49. The first kappa shape index (κ1) is 40.1. The predicted molar refractivity (Wildman–Crippen MR) is 239 cm³/mol. The van der Waals surface area contributed by atoms with Crippen LogP contribution in [0.1, 0.15) is 122 Å². The Morgan fingerprint density at radius 1 is 0.473 bits per heavy atom. The van der Waals surface area contributed by atoms with Crippen LogP contribution in [0.25, 0.3) is 54.9 Å². The van der Waals surface area contributed by atoms with Gasteiger partial charge in [-0.25, -0.2) is 0 Å². The molecule has 0 atom stereocenters. The molecule has 0 aliphatic carbocycles. The Morgan fingerprint density at radius 3 is 1.49 bits per heavy atom. The second kappa shape index (κ2) is 17.1. The lowest BCUT2D eigenvalue weighted by molar-refractivity contribution is 0.302. The second-order valence-corrected chi connectivity index (χ2v) is 17.9. The molecule has 0 heterocycles. The molecule has 0 saturated heterocycles. The molecule has 0 saturated carbocycles. The molecule has 6 aromatic carbocycles. The number of benzene rings is 6. The van der Waals surface area contributed by atoms with Crippen LogP contribution in [0.2, 0.25) is 0 Å². The number of aryl methyl sites for hydroxylation is 2. The molecule has 6 aromatic rings. The molecule has 0 bridgehead atoms. The Hall–Kier alpha value is -4.56. The molecule has 0 fully saturated rings. The first-order valence-corrected chi connectivity index (χ1v) is 20.8. The molecule has 0 aliphatic rings. The minimum Gasteiger partial charge on any atom is -0.496 e. The van der Waals surface area contributed by atoms with Gasteiger partial charge in [-0.1, -0.05) is 178 Å². The molecule has 6 rings (SSSR count). The Bertz CT molecular complexity index is 2220. The van der Waals surface area contributed by atoms with Crippen LogP contribution in [0.15, 0.2) is 97.1 Å². The topological polar surface area (TPSA) is 18.5 Å². The van der Waals surface area contributed by atoms with Gasteiger partial charge in [0.2, 0.25) is 0 Å². The van der Waals surface area contributed by atoms with Crippen LogP contribution >= 0.6 is 0 Å². The van der Waals surface area contributed by atoms with Crippen molar-refractivity contribution in [3.63, 3.8) is 0 Å². The Labute approximate surface area is 332 Å². The summed E-state index contributed by atoms with van der Waals surface area (Å²) in [6.45, 7) is 21.0. The summed E-state index contributed by atoms with van der Waals surface area (Å²) < 4.78 is 12.6. The molecule has 0 aromatic heterocycles. The van der Waals surface area contributed by atoms with E-state index < -0.39 is 0 Å². The van der Waals surface area contributed by atoms with Gasteiger partial charge in [0.15, 0.2) is 0 Å². The van der Waals surface area contributed by atoms with Gasteiger partial charge in [-0.15, -0.1) is 0 Å². The van der Waals surface area contributed by atoms with Gasteiger partial charge in [-0.3, -0.25) is 0 Å². The van der Waals surface area contributed by atoms with Crippen molar-refractivity contribution in [3.05, 3.63) is 119 Å². The molecule has 0 amide bonds. The summed E-state index contributed by atoms with van der Waals surface area (Å²) in [6.07, 6.45) is 10.3. The van der Waals surface area contributed by atoms with Crippen LogP contribution in [0.3, 0.4) is 0 Å². The van der Waals surface area contributed by atoms with Crippen molar-refractivity contribution in [1.82, 2.24) is 0 Å². The van der Waals surface area contributed by atoms with Crippen LogP contribution in [-0.4, -0.2) is 13.7 Å². The fourth-order valence-electron chi connectivity index (χ4n) is 8.04. The van der Waals surface area contributed by atoms with E-state index in [2.05, 4.69) is 159 Å². The zero-order valence-electron chi connectivity index (χ0n) is 35.4. The average molecular weight is 733 g/mol. The minimum atomic E-state index is 0.0754. The van der Waals surface area contributed by atoms with Crippen molar-refractivity contribution < 1.29 is 9.47 Å². The van der Waals surface area contributed by atoms with E-state index in [-0.39, 0.29) is 10.8 Å². The van der Waals surface area contributed by atoms with Gasteiger partial charge >= 0.3 is 0 Å². The zero-order valence-corrected chi connectivity index (χ0v) is 35.4. The number of fused-ring (bicyclic) bond motifs is 2. The lowest BCUT2D eigenvalue weighted by Crippen LogP contribution is -2.10. The minimum absolute atomic E-state index is 0.0754. The normalized spacial score (nSPS) is 12.1. The lowest BCUT2D eigenvalue weighted by Gasteiger charge is -2.22. The SMILES string of the molecule is CCCCCCCCCCOc1cc(-c2ccc3c(-c4ccc(C(C)(C)C)cc4)c4cc(C)ccc4c(-c4ccc(C(C)(C)C)cc4)c3c2)c(OC)cc1C. The summed E-state index contributed by atoms with van der Waals surface area (Å²) in [5.41, 5.74) is 12.4. The molecule has 0 spiro atoms. The quantitative estimate of drug-likeness (QED) is 0.0820. The second-order valence-electron chi connectivity index (χ2n) is 17.9. The van der Waals surface area contributed by atoms with Gasteiger partial charge < -0.3 is 9.47 Å². The van der Waals surface area contributed by atoms with Gasteiger partial charge in [0.1, 0.15) is 11.5 Å². The van der Waals surface area contributed by atoms with Crippen LogP contribution < -0.4 is 9.47 Å². The van der Waals surface area contributed by atoms with E-state index in [1.54, 1.807) is 7.11 Å². The smallest absolute Gasteiger partial charge is 0.127 e. The molecule has 288 valence electrons. The average Bonchev–Trinajstić information content (AvgIpc) is 3.16. The number of hydrogen-bond donors (Lipinski definition) is 0. The summed E-state index contributed by atoms with van der Waals surface area (Å²) in [5.74, 6) is 1.80. The molecule has 55 heavy (non-hydrogen) atoms. The maximum Gasteiger partial charge on any atom is 0.127 e. The van der Waals surface area contributed by atoms with Crippen LogP contribution in [0.4, 0.5) is 0 Å². The van der Waals surface area contributed by atoms with Crippen LogP contribution in [0.5, 0.6) is 11.5 Å². The van der Waals surface area contributed by atoms with E-state index in [1.807, 2.05) is 0 Å². The van der Waals surface area contributed by atoms with Crippen molar-refractivity contribution in [2.75, 3.05) is 13.7 Å². The van der Waals surface area contributed by atoms with Gasteiger partial charge in [-0.05, 0) is 115 Å². The standard InChI is InChI=1S/C53H64O2/c1-11-12-13-14-15-16-17-18-31-55-48-35-45(49(54-10)33-37(48)3)40-24-30-44-47(34-40)51(39-22-27-42(28-23-39)53(7,8)9)43-29-19-36(2)32-46(43)50(44)38-20-25-41(26-21-38)52(4,5)6/h19-30,32-35H,11-18,31H2,1-10H3. The fraction of sp³-hybridized carbons (Fsp3) is 0.396. The van der Waals surface area contributed by atoms with E-state index in [9.17, 15) is 0 Å². The number of unbranched alkanes of at least 4 members (excludes halogenated alkanes) is 7. The highest BCUT2D eigenvalue weighted by molar-refractivity contribution is 6.22. The van der Waals surface area contributed by atoms with Crippen molar-refractivity contribution in [2.45, 2.75) is 125 Å². The van der Waals surface area contributed by atoms with E-state index in [1.165, 1.54) is 105 Å². The van der Waals surface area contributed by atoms with Crippen molar-refractivity contribution in [1.29, 1.82) is 0 Å². The van der Waals surface area contributed by atoms with Gasteiger partial charge in [-0.2, -0.15) is 0 Å². The summed E-state index contributed by atoms with van der Waals surface area (Å²) >= 11 is 0. The first-order valence-electron chi connectivity index (χ1n) is 20.8. The highest BCUT2D eigenvalue weighted by Crippen LogP contribution is 2.47. The third kappa shape index (κ3) is 9.12. The summed E-state index contributed by atoms with van der Waals surface area (Å²) in [4.78, 5) is 0. The summed E-state index contributed by atoms with van der Waals surface area (Å²) in [7, 11) is 1.78. The zero-order chi connectivity index (χ0) is 39.3. The molecular formula is C53H64O2. The summed E-state index contributed by atoms with van der Waals surface area (Å²) in [6, 6.07) is 36.8. The van der Waals surface area contributed by atoms with Gasteiger partial charge in [0, 0.05) is 5.56 Å². The fourth-order valence-corrected chi connectivity index (χ4v) is 8.04. The molecule has 0 radical (unpaired) electrons. The van der Waals surface area contributed by atoms with E-state index in [4.69, 9.17) is 9.47 Å². The Balaban J connectivity index is 1.49. The monoisotopic (exact) mass is 732 g/mol. The van der Waals surface area contributed by atoms with Gasteiger partial charge in [0.05, 0.1) is 13.7 Å². The molecule has 0 aliphatic heterocycles. The van der Waals surface area contributed by atoms with Crippen LogP contribution in [0, 0.1) is 13.8 Å². The molecular weight excluding hydrogens is 669 g/mol. The highest BCUT2D eigenvalue weighted by atomic mass is 16.5. The Kier molecular flexibility index (Phi) is 12.4. The first-order chi connectivity index (χ1) is 26.3. The summed E-state index contributed by atoms with van der Waals surface area (Å²) in [5, 5.41) is 5.02. The third-order valence-electron chi connectivity index (χ3n) is 11.4. The number of methoxy groups -OCH3 is 1. The molecule has 0 unspecified atom stereocenters. The van der Waals surface area contributed by atoms with Gasteiger partial charge in [0.25, 0.3) is 0 Å². The highest BCUT2D eigenvalue weighted by Gasteiger charge is 2.21. The van der Waals surface area contributed by atoms with Crippen molar-refractivity contribution >= 4 is 21.5 Å². The van der Waals surface area contributed by atoms with E-state index in [0.717, 1.165) is 41.2 Å². The van der Waals surface area contributed by atoms with E-state index in [0.29, 0.717) is 0 Å². The van der Waals surface area contributed by atoms with Crippen LogP contribution in [-0.2, 0) is 10.8 Å². The molecule has 2 heteroatoms. The van der Waals surface area contributed by atoms with Crippen molar-refractivity contribution in [3.8, 4) is 44.9 Å². The predicted octanol–water partition coefficient (Wildman–Crippen LogP) is 15.7. The third-order valence-corrected chi connectivity index (χ3v) is 11.4.